The molecule has 6 nitrogen and oxygen atoms in total. The molecule has 0 spiro atoms. The van der Waals surface area contributed by atoms with Gasteiger partial charge in [-0.2, -0.15) is 0 Å². The molecule has 0 bridgehead atoms. The van der Waals surface area contributed by atoms with Gasteiger partial charge >= 0.3 is 0 Å². The first-order chi connectivity index (χ1) is 13.4. The van der Waals surface area contributed by atoms with Gasteiger partial charge in [0, 0.05) is 0 Å². The van der Waals surface area contributed by atoms with Crippen LogP contribution >= 0.6 is 0 Å². The number of rotatable bonds is 7. The molecule has 0 heterocycles. The second-order valence-corrected chi connectivity index (χ2v) is 9.97. The van der Waals surface area contributed by atoms with E-state index in [-0.39, 0.29) is 11.3 Å². The fourth-order valence-electron chi connectivity index (χ4n) is 2.87. The number of carbonyl (C=O) groups is 1. The zero-order valence-electron chi connectivity index (χ0n) is 17.8. The highest BCUT2D eigenvalue weighted by atomic mass is 32.2. The maximum Gasteiger partial charge on any atom is 0.261 e. The number of para-hydroxylation sites is 1. The summed E-state index contributed by atoms with van der Waals surface area (Å²) in [5, 5.41) is 2.88. The van der Waals surface area contributed by atoms with E-state index in [0.29, 0.717) is 17.0 Å². The summed E-state index contributed by atoms with van der Waals surface area (Å²) >= 11 is 0. The minimum absolute atomic E-state index is 0.0460. The van der Waals surface area contributed by atoms with Crippen LogP contribution in [0.1, 0.15) is 51.8 Å². The first-order valence-corrected chi connectivity index (χ1v) is 11.4. The summed E-state index contributed by atoms with van der Waals surface area (Å²) in [4.78, 5) is 12.6. The van der Waals surface area contributed by atoms with E-state index in [9.17, 15) is 13.2 Å². The quantitative estimate of drug-likeness (QED) is 0.712. The van der Waals surface area contributed by atoms with Crippen molar-refractivity contribution in [1.82, 2.24) is 5.32 Å². The standard InChI is InChI=1S/C22H30N2O4S/c1-15(19-9-7-8-10-20(19)24-29(6,26)27)23-21(25)16(2)28-18-13-11-17(12-14-18)22(3,4)5/h7-16,24H,1-6H3,(H,23,25). The molecule has 0 aliphatic rings. The molecule has 0 fully saturated rings. The maximum atomic E-state index is 12.6. The van der Waals surface area contributed by atoms with Crippen molar-refractivity contribution >= 4 is 21.6 Å². The first kappa shape index (κ1) is 22.7. The summed E-state index contributed by atoms with van der Waals surface area (Å²) in [6.45, 7) is 9.89. The van der Waals surface area contributed by atoms with E-state index in [1.807, 2.05) is 24.3 Å². The number of ether oxygens (including phenoxy) is 1. The summed E-state index contributed by atoms with van der Waals surface area (Å²) in [5.41, 5.74) is 2.34. The Bertz CT molecular complexity index is 948. The van der Waals surface area contributed by atoms with Crippen molar-refractivity contribution < 1.29 is 17.9 Å². The zero-order valence-corrected chi connectivity index (χ0v) is 18.6. The van der Waals surface area contributed by atoms with Crippen molar-refractivity contribution in [3.8, 4) is 5.75 Å². The summed E-state index contributed by atoms with van der Waals surface area (Å²) in [5.74, 6) is 0.332. The van der Waals surface area contributed by atoms with Crippen molar-refractivity contribution in [3.05, 3.63) is 59.7 Å². The third kappa shape index (κ3) is 6.78. The Hall–Kier alpha value is -2.54. The van der Waals surface area contributed by atoms with Crippen LogP contribution in [0.4, 0.5) is 5.69 Å². The van der Waals surface area contributed by atoms with Crippen molar-refractivity contribution in [2.24, 2.45) is 0 Å². The molecular weight excluding hydrogens is 388 g/mol. The van der Waals surface area contributed by atoms with Gasteiger partial charge in [-0.1, -0.05) is 51.1 Å². The van der Waals surface area contributed by atoms with Gasteiger partial charge in [-0.25, -0.2) is 8.42 Å². The molecule has 1 amide bonds. The second kappa shape index (κ2) is 8.86. The van der Waals surface area contributed by atoms with E-state index in [0.717, 1.165) is 6.26 Å². The van der Waals surface area contributed by atoms with Crippen molar-refractivity contribution in [3.63, 3.8) is 0 Å². The molecule has 2 N–H and O–H groups in total. The van der Waals surface area contributed by atoms with Crippen LogP contribution in [-0.4, -0.2) is 26.7 Å². The van der Waals surface area contributed by atoms with Crippen LogP contribution in [-0.2, 0) is 20.2 Å². The second-order valence-electron chi connectivity index (χ2n) is 8.23. The maximum absolute atomic E-state index is 12.6. The monoisotopic (exact) mass is 418 g/mol. The molecule has 0 saturated carbocycles. The Balaban J connectivity index is 2.04. The molecule has 0 aliphatic carbocycles. The Morgan fingerprint density at radius 1 is 1.00 bits per heavy atom. The van der Waals surface area contributed by atoms with E-state index in [1.54, 1.807) is 38.1 Å². The number of nitrogens with one attached hydrogen (secondary N) is 2. The van der Waals surface area contributed by atoms with Crippen molar-refractivity contribution in [2.75, 3.05) is 11.0 Å². The Labute approximate surface area is 173 Å². The average Bonchev–Trinajstić information content (AvgIpc) is 2.60. The number of amides is 1. The van der Waals surface area contributed by atoms with Crippen LogP contribution in [0.5, 0.6) is 5.75 Å². The number of benzene rings is 2. The fraction of sp³-hybridized carbons (Fsp3) is 0.409. The average molecular weight is 419 g/mol. The lowest BCUT2D eigenvalue weighted by atomic mass is 9.87. The third-order valence-electron chi connectivity index (χ3n) is 4.48. The summed E-state index contributed by atoms with van der Waals surface area (Å²) in [6.07, 6.45) is 0.390. The van der Waals surface area contributed by atoms with E-state index in [4.69, 9.17) is 4.74 Å². The highest BCUT2D eigenvalue weighted by molar-refractivity contribution is 7.92. The summed E-state index contributed by atoms with van der Waals surface area (Å²) in [6, 6.07) is 14.3. The highest BCUT2D eigenvalue weighted by Crippen LogP contribution is 2.25. The number of anilines is 1. The SMILES string of the molecule is CC(Oc1ccc(C(C)(C)C)cc1)C(=O)NC(C)c1ccccc1NS(C)(=O)=O. The molecule has 158 valence electrons. The van der Waals surface area contributed by atoms with E-state index in [2.05, 4.69) is 30.8 Å². The molecule has 2 rings (SSSR count). The molecule has 0 aromatic heterocycles. The van der Waals surface area contributed by atoms with Gasteiger partial charge in [-0.05, 0) is 48.6 Å². The third-order valence-corrected chi connectivity index (χ3v) is 5.07. The van der Waals surface area contributed by atoms with Gasteiger partial charge < -0.3 is 10.1 Å². The molecule has 2 aromatic carbocycles. The van der Waals surface area contributed by atoms with E-state index in [1.165, 1.54) is 5.56 Å². The van der Waals surface area contributed by atoms with Gasteiger partial charge in [-0.15, -0.1) is 0 Å². The van der Waals surface area contributed by atoms with Crippen LogP contribution in [0.15, 0.2) is 48.5 Å². The van der Waals surface area contributed by atoms with Crippen molar-refractivity contribution in [2.45, 2.75) is 52.2 Å². The van der Waals surface area contributed by atoms with E-state index >= 15 is 0 Å². The molecule has 7 heteroatoms. The summed E-state index contributed by atoms with van der Waals surface area (Å²) in [7, 11) is -3.42. The number of hydrogen-bond acceptors (Lipinski definition) is 4. The van der Waals surface area contributed by atoms with Crippen LogP contribution in [0.25, 0.3) is 0 Å². The van der Waals surface area contributed by atoms with Crippen LogP contribution < -0.4 is 14.8 Å². The molecular formula is C22H30N2O4S. The normalized spacial score (nSPS) is 14.0. The lowest BCUT2D eigenvalue weighted by Crippen LogP contribution is -2.38. The molecule has 29 heavy (non-hydrogen) atoms. The largest absolute Gasteiger partial charge is 0.481 e. The van der Waals surface area contributed by atoms with Gasteiger partial charge in [0.05, 0.1) is 18.0 Å². The molecule has 0 radical (unpaired) electrons. The van der Waals surface area contributed by atoms with Crippen LogP contribution in [0.2, 0.25) is 0 Å². The minimum atomic E-state index is -3.42. The number of sulfonamides is 1. The first-order valence-electron chi connectivity index (χ1n) is 9.51. The van der Waals surface area contributed by atoms with Gasteiger partial charge in [0.15, 0.2) is 6.10 Å². The predicted octanol–water partition coefficient (Wildman–Crippen LogP) is 4.00. The molecule has 0 aliphatic heterocycles. The zero-order chi connectivity index (χ0) is 21.8. The summed E-state index contributed by atoms with van der Waals surface area (Å²) < 4.78 is 31.4. The molecule has 2 unspecified atom stereocenters. The van der Waals surface area contributed by atoms with Gasteiger partial charge in [0.2, 0.25) is 10.0 Å². The molecule has 2 atom stereocenters. The van der Waals surface area contributed by atoms with Crippen LogP contribution in [0, 0.1) is 0 Å². The topological polar surface area (TPSA) is 84.5 Å². The number of hydrogen-bond donors (Lipinski definition) is 2. The Morgan fingerprint density at radius 2 is 1.59 bits per heavy atom. The van der Waals surface area contributed by atoms with Crippen molar-refractivity contribution in [1.29, 1.82) is 0 Å². The van der Waals surface area contributed by atoms with Gasteiger partial charge in [-0.3, -0.25) is 9.52 Å². The lowest BCUT2D eigenvalue weighted by molar-refractivity contribution is -0.127. The van der Waals surface area contributed by atoms with Gasteiger partial charge in [0.25, 0.3) is 5.91 Å². The highest BCUT2D eigenvalue weighted by Gasteiger charge is 2.20. The van der Waals surface area contributed by atoms with Crippen LogP contribution in [0.3, 0.4) is 0 Å². The Morgan fingerprint density at radius 3 is 2.14 bits per heavy atom. The molecule has 2 aromatic rings. The lowest BCUT2D eigenvalue weighted by Gasteiger charge is -2.22. The smallest absolute Gasteiger partial charge is 0.261 e. The Kier molecular flexibility index (Phi) is 6.95. The minimum Gasteiger partial charge on any atom is -0.481 e. The molecule has 0 saturated heterocycles. The van der Waals surface area contributed by atoms with E-state index < -0.39 is 22.2 Å². The fourth-order valence-corrected chi connectivity index (χ4v) is 3.45. The van der Waals surface area contributed by atoms with Gasteiger partial charge in [0.1, 0.15) is 5.75 Å². The predicted molar refractivity (Wildman–Crippen MR) is 117 cm³/mol. The number of carbonyl (C=O) groups excluding carboxylic acids is 1.